The molecule has 0 atom stereocenters. The molecule has 0 aromatic heterocycles. The second-order valence-corrected chi connectivity index (χ2v) is 6.56. The number of aryl methyl sites for hydroxylation is 1. The highest BCUT2D eigenvalue weighted by atomic mass is 16.5. The zero-order valence-corrected chi connectivity index (χ0v) is 13.3. The van der Waals surface area contributed by atoms with Gasteiger partial charge in [0.05, 0.1) is 18.8 Å². The molecule has 2 aliphatic heterocycles. The van der Waals surface area contributed by atoms with Crippen LogP contribution in [0.5, 0.6) is 5.75 Å². The number of aromatic hydroxyl groups is 1. The highest BCUT2D eigenvalue weighted by Gasteiger charge is 2.40. The molecule has 0 bridgehead atoms. The number of phenols is 1. The van der Waals surface area contributed by atoms with Gasteiger partial charge in [0.1, 0.15) is 5.75 Å². The molecule has 1 aromatic carbocycles. The first-order valence-electron chi connectivity index (χ1n) is 7.90. The third kappa shape index (κ3) is 2.96. The molecular weight excluding hydrogens is 280 g/mol. The largest absolute Gasteiger partial charge is 0.508 e. The quantitative estimate of drug-likeness (QED) is 0.857. The number of benzene rings is 1. The second kappa shape index (κ2) is 5.89. The van der Waals surface area contributed by atoms with Crippen LogP contribution in [0.3, 0.4) is 0 Å². The summed E-state index contributed by atoms with van der Waals surface area (Å²) >= 11 is 0. The Morgan fingerprint density at radius 3 is 2.68 bits per heavy atom. The minimum atomic E-state index is -0.187. The van der Waals surface area contributed by atoms with E-state index in [4.69, 9.17) is 4.74 Å². The lowest BCUT2D eigenvalue weighted by atomic mass is 9.89. The monoisotopic (exact) mass is 304 g/mol. The van der Waals surface area contributed by atoms with Crippen LogP contribution in [0.25, 0.3) is 0 Å². The van der Waals surface area contributed by atoms with E-state index in [0.29, 0.717) is 25.3 Å². The molecule has 3 rings (SSSR count). The van der Waals surface area contributed by atoms with Crippen LogP contribution in [-0.4, -0.2) is 66.2 Å². The number of hydrogen-bond acceptors (Lipinski definition) is 4. The van der Waals surface area contributed by atoms with Gasteiger partial charge in [-0.15, -0.1) is 0 Å². The summed E-state index contributed by atoms with van der Waals surface area (Å²) in [5, 5.41) is 9.82. The molecule has 0 unspecified atom stereocenters. The van der Waals surface area contributed by atoms with Crippen LogP contribution < -0.4 is 0 Å². The minimum Gasteiger partial charge on any atom is -0.508 e. The normalized spacial score (nSPS) is 22.0. The fourth-order valence-electron chi connectivity index (χ4n) is 3.27. The van der Waals surface area contributed by atoms with Gasteiger partial charge in [0.2, 0.25) is 0 Å². The van der Waals surface area contributed by atoms with Gasteiger partial charge in [0, 0.05) is 25.2 Å². The van der Waals surface area contributed by atoms with Crippen molar-refractivity contribution in [2.24, 2.45) is 0 Å². The third-order valence-corrected chi connectivity index (χ3v) is 4.89. The molecule has 2 aliphatic rings. The maximum atomic E-state index is 12.7. The Kier molecular flexibility index (Phi) is 4.10. The van der Waals surface area contributed by atoms with Gasteiger partial charge in [0.15, 0.2) is 0 Å². The van der Waals surface area contributed by atoms with E-state index < -0.39 is 0 Å². The van der Waals surface area contributed by atoms with Crippen LogP contribution in [0.1, 0.15) is 28.8 Å². The van der Waals surface area contributed by atoms with Crippen molar-refractivity contribution in [1.29, 1.82) is 0 Å². The number of likely N-dealkylation sites (tertiary alicyclic amines) is 1. The van der Waals surface area contributed by atoms with Crippen molar-refractivity contribution < 1.29 is 14.6 Å². The molecule has 0 aliphatic carbocycles. The molecule has 1 N–H and O–H groups in total. The van der Waals surface area contributed by atoms with Crippen molar-refractivity contribution >= 4 is 5.91 Å². The summed E-state index contributed by atoms with van der Waals surface area (Å²) in [4.78, 5) is 16.9. The Bertz CT molecular complexity index is 565. The molecule has 0 radical (unpaired) electrons. The summed E-state index contributed by atoms with van der Waals surface area (Å²) in [6.45, 7) is 5.69. The van der Waals surface area contributed by atoms with E-state index in [1.807, 2.05) is 11.8 Å². The number of hydrogen-bond donors (Lipinski definition) is 1. The fourth-order valence-corrected chi connectivity index (χ4v) is 3.27. The highest BCUT2D eigenvalue weighted by molar-refractivity contribution is 5.94. The van der Waals surface area contributed by atoms with Crippen LogP contribution >= 0.6 is 0 Å². The molecule has 2 fully saturated rings. The van der Waals surface area contributed by atoms with E-state index in [2.05, 4.69) is 11.9 Å². The van der Waals surface area contributed by atoms with E-state index in [1.54, 1.807) is 18.2 Å². The molecule has 5 heteroatoms. The Labute approximate surface area is 131 Å². The Balaban J connectivity index is 1.74. The number of phenolic OH excluding ortho intramolecular Hbond substituents is 1. The smallest absolute Gasteiger partial charge is 0.254 e. The first kappa shape index (κ1) is 15.3. The average molecular weight is 304 g/mol. The van der Waals surface area contributed by atoms with E-state index in [-0.39, 0.29) is 17.3 Å². The highest BCUT2D eigenvalue weighted by Crippen LogP contribution is 2.30. The number of morpholine rings is 1. The standard InChI is InChI=1S/C17H24N2O3/c1-13-3-4-14(11-15(13)20)16(21)19-9-10-22-17(12-19)5-7-18(2)8-6-17/h3-4,11,20H,5-10,12H2,1-2H3. The van der Waals surface area contributed by atoms with E-state index in [1.165, 1.54) is 0 Å². The number of amides is 1. The fraction of sp³-hybridized carbons (Fsp3) is 0.588. The molecule has 22 heavy (non-hydrogen) atoms. The lowest BCUT2D eigenvalue weighted by Gasteiger charge is -2.46. The van der Waals surface area contributed by atoms with Crippen LogP contribution in [0.4, 0.5) is 0 Å². The van der Waals surface area contributed by atoms with Crippen LogP contribution in [0.2, 0.25) is 0 Å². The summed E-state index contributed by atoms with van der Waals surface area (Å²) in [6.07, 6.45) is 1.93. The van der Waals surface area contributed by atoms with Crippen molar-refractivity contribution in [1.82, 2.24) is 9.80 Å². The summed E-state index contributed by atoms with van der Waals surface area (Å²) in [5.74, 6) is 0.157. The number of piperidine rings is 1. The maximum Gasteiger partial charge on any atom is 0.254 e. The molecule has 5 nitrogen and oxygen atoms in total. The summed E-state index contributed by atoms with van der Waals surface area (Å²) in [6, 6.07) is 5.14. The van der Waals surface area contributed by atoms with Gasteiger partial charge in [-0.3, -0.25) is 4.79 Å². The SMILES string of the molecule is Cc1ccc(C(=O)N2CCOC3(CCN(C)CC3)C2)cc1O. The molecule has 0 saturated carbocycles. The molecule has 1 amide bonds. The molecule has 2 heterocycles. The maximum absolute atomic E-state index is 12.7. The Morgan fingerprint density at radius 1 is 1.27 bits per heavy atom. The van der Waals surface area contributed by atoms with E-state index >= 15 is 0 Å². The van der Waals surface area contributed by atoms with Gasteiger partial charge in [0.25, 0.3) is 5.91 Å². The van der Waals surface area contributed by atoms with E-state index in [0.717, 1.165) is 31.5 Å². The van der Waals surface area contributed by atoms with Crippen LogP contribution in [-0.2, 0) is 4.74 Å². The zero-order chi connectivity index (χ0) is 15.7. The predicted molar refractivity (Wildman–Crippen MR) is 84.2 cm³/mol. The van der Waals surface area contributed by atoms with Gasteiger partial charge >= 0.3 is 0 Å². The summed E-state index contributed by atoms with van der Waals surface area (Å²) < 4.78 is 6.04. The molecule has 1 spiro atoms. The average Bonchev–Trinajstić information content (AvgIpc) is 2.53. The molecule has 1 aromatic rings. The molecular formula is C17H24N2O3. The first-order valence-corrected chi connectivity index (χ1v) is 7.90. The van der Waals surface area contributed by atoms with Crippen molar-refractivity contribution in [3.8, 4) is 5.75 Å². The Morgan fingerprint density at radius 2 is 2.00 bits per heavy atom. The molecule has 120 valence electrons. The minimum absolute atomic E-state index is 0.0168. The number of nitrogens with zero attached hydrogens (tertiary/aromatic N) is 2. The van der Waals surface area contributed by atoms with Crippen molar-refractivity contribution in [3.05, 3.63) is 29.3 Å². The number of carbonyl (C=O) groups is 1. The van der Waals surface area contributed by atoms with Gasteiger partial charge in [-0.25, -0.2) is 0 Å². The first-order chi connectivity index (χ1) is 10.5. The van der Waals surface area contributed by atoms with Gasteiger partial charge in [-0.1, -0.05) is 6.07 Å². The lowest BCUT2D eigenvalue weighted by molar-refractivity contribution is -0.125. The van der Waals surface area contributed by atoms with Crippen LogP contribution in [0.15, 0.2) is 18.2 Å². The number of carbonyl (C=O) groups excluding carboxylic acids is 1. The Hall–Kier alpha value is -1.59. The number of ether oxygens (including phenoxy) is 1. The third-order valence-electron chi connectivity index (χ3n) is 4.89. The zero-order valence-electron chi connectivity index (χ0n) is 13.3. The topological polar surface area (TPSA) is 53.0 Å². The molecule has 2 saturated heterocycles. The second-order valence-electron chi connectivity index (χ2n) is 6.56. The predicted octanol–water partition coefficient (Wildman–Crippen LogP) is 1.64. The van der Waals surface area contributed by atoms with Crippen LogP contribution in [0, 0.1) is 6.92 Å². The van der Waals surface area contributed by atoms with Gasteiger partial charge < -0.3 is 19.6 Å². The van der Waals surface area contributed by atoms with Gasteiger partial charge in [-0.2, -0.15) is 0 Å². The van der Waals surface area contributed by atoms with Crippen molar-refractivity contribution in [2.75, 3.05) is 39.8 Å². The van der Waals surface area contributed by atoms with Crippen molar-refractivity contribution in [3.63, 3.8) is 0 Å². The van der Waals surface area contributed by atoms with Gasteiger partial charge in [-0.05, 0) is 44.5 Å². The van der Waals surface area contributed by atoms with E-state index in [9.17, 15) is 9.90 Å². The van der Waals surface area contributed by atoms with Crippen molar-refractivity contribution in [2.45, 2.75) is 25.4 Å². The lowest BCUT2D eigenvalue weighted by Crippen LogP contribution is -2.57. The summed E-state index contributed by atoms with van der Waals surface area (Å²) in [7, 11) is 2.12. The summed E-state index contributed by atoms with van der Waals surface area (Å²) in [5.41, 5.74) is 1.14. The number of rotatable bonds is 1.